The molecule has 0 aliphatic carbocycles. The number of hydrogen-bond donors (Lipinski definition) is 0. The van der Waals surface area contributed by atoms with Crippen molar-refractivity contribution >= 4 is 25.7 Å². The third-order valence-electron chi connectivity index (χ3n) is 2.57. The second-order valence-electron chi connectivity index (χ2n) is 4.17. The maximum Gasteiger partial charge on any atom is 0.374 e. The van der Waals surface area contributed by atoms with Gasteiger partial charge >= 0.3 is 5.97 Å². The summed E-state index contributed by atoms with van der Waals surface area (Å²) in [5.74, 6) is -0.744. The van der Waals surface area contributed by atoms with E-state index in [4.69, 9.17) is 19.8 Å². The van der Waals surface area contributed by atoms with Gasteiger partial charge in [-0.2, -0.15) is 0 Å². The molecule has 19 heavy (non-hydrogen) atoms. The monoisotopic (exact) mass is 308 g/mol. The van der Waals surface area contributed by atoms with Crippen molar-refractivity contribution in [1.29, 1.82) is 0 Å². The zero-order valence-corrected chi connectivity index (χ0v) is 12.5. The molecule has 0 aliphatic rings. The van der Waals surface area contributed by atoms with E-state index in [1.165, 1.54) is 6.92 Å². The quantitative estimate of drug-likeness (QED) is 0.439. The highest BCUT2D eigenvalue weighted by Gasteiger charge is 2.22. The third kappa shape index (κ3) is 4.87. The zero-order chi connectivity index (χ0) is 14.5. The highest BCUT2D eigenvalue weighted by Crippen LogP contribution is 2.23. The standard InChI is InChI=1S/C12H17ClO5S/c1-3-4-5-6-7-17-12(14)10-8-11(9(2)18-10)19(13,15)16/h8H,3-7H2,1-2H3. The molecular weight excluding hydrogens is 292 g/mol. The van der Waals surface area contributed by atoms with Crippen LogP contribution in [0.2, 0.25) is 0 Å². The Kier molecular flexibility index (Phi) is 5.87. The summed E-state index contributed by atoms with van der Waals surface area (Å²) in [5, 5.41) is 0. The number of unbranched alkanes of at least 4 members (excludes halogenated alkanes) is 3. The van der Waals surface area contributed by atoms with Gasteiger partial charge in [-0.15, -0.1) is 0 Å². The molecule has 0 radical (unpaired) electrons. The summed E-state index contributed by atoms with van der Waals surface area (Å²) in [6.45, 7) is 3.81. The van der Waals surface area contributed by atoms with Gasteiger partial charge in [0.2, 0.25) is 5.76 Å². The molecule has 1 heterocycles. The summed E-state index contributed by atoms with van der Waals surface area (Å²) in [6, 6.07) is 1.09. The van der Waals surface area contributed by atoms with Crippen LogP contribution in [0.1, 0.15) is 48.9 Å². The van der Waals surface area contributed by atoms with Crippen LogP contribution in [-0.2, 0) is 13.8 Å². The Balaban J connectivity index is 2.59. The van der Waals surface area contributed by atoms with Gasteiger partial charge in [-0.25, -0.2) is 13.2 Å². The number of hydrogen-bond acceptors (Lipinski definition) is 5. The van der Waals surface area contributed by atoms with Gasteiger partial charge in [-0.1, -0.05) is 26.2 Å². The number of esters is 1. The average Bonchev–Trinajstić information content (AvgIpc) is 2.70. The van der Waals surface area contributed by atoms with Crippen LogP contribution in [0.5, 0.6) is 0 Å². The zero-order valence-electron chi connectivity index (χ0n) is 10.9. The second-order valence-corrected chi connectivity index (χ2v) is 6.70. The Bertz CT molecular complexity index is 532. The molecule has 5 nitrogen and oxygen atoms in total. The molecule has 0 spiro atoms. The lowest BCUT2D eigenvalue weighted by Crippen LogP contribution is -2.05. The van der Waals surface area contributed by atoms with Crippen LogP contribution < -0.4 is 0 Å². The largest absolute Gasteiger partial charge is 0.460 e. The van der Waals surface area contributed by atoms with Gasteiger partial charge in [0.15, 0.2) is 0 Å². The van der Waals surface area contributed by atoms with E-state index < -0.39 is 15.0 Å². The van der Waals surface area contributed by atoms with Crippen molar-refractivity contribution in [3.05, 3.63) is 17.6 Å². The normalized spacial score (nSPS) is 11.5. The van der Waals surface area contributed by atoms with Crippen molar-refractivity contribution in [3.8, 4) is 0 Å². The first-order chi connectivity index (χ1) is 8.86. The maximum atomic E-state index is 11.6. The molecule has 0 atom stereocenters. The van der Waals surface area contributed by atoms with E-state index in [1.54, 1.807) is 0 Å². The Labute approximate surface area is 117 Å². The summed E-state index contributed by atoms with van der Waals surface area (Å²) < 4.78 is 32.4. The molecule has 1 aromatic rings. The first-order valence-corrected chi connectivity index (χ1v) is 8.39. The molecule has 0 aliphatic heterocycles. The lowest BCUT2D eigenvalue weighted by Gasteiger charge is -2.01. The van der Waals surface area contributed by atoms with Crippen LogP contribution in [0.3, 0.4) is 0 Å². The van der Waals surface area contributed by atoms with Crippen LogP contribution >= 0.6 is 10.7 Å². The molecule has 0 amide bonds. The summed E-state index contributed by atoms with van der Waals surface area (Å²) in [5.41, 5.74) is 0. The first-order valence-electron chi connectivity index (χ1n) is 6.08. The molecule has 1 rings (SSSR count). The first kappa shape index (κ1) is 16.0. The van der Waals surface area contributed by atoms with E-state index in [9.17, 15) is 13.2 Å². The third-order valence-corrected chi connectivity index (χ3v) is 4.00. The van der Waals surface area contributed by atoms with Gasteiger partial charge in [0.05, 0.1) is 6.61 Å². The second kappa shape index (κ2) is 6.96. The predicted molar refractivity (Wildman–Crippen MR) is 70.9 cm³/mol. The van der Waals surface area contributed by atoms with Crippen molar-refractivity contribution in [2.45, 2.75) is 44.4 Å². The highest BCUT2D eigenvalue weighted by atomic mass is 35.7. The number of ether oxygens (including phenoxy) is 1. The Hall–Kier alpha value is -1.01. The smallest absolute Gasteiger partial charge is 0.374 e. The number of halogens is 1. The van der Waals surface area contributed by atoms with Crippen molar-refractivity contribution in [1.82, 2.24) is 0 Å². The van der Waals surface area contributed by atoms with Crippen molar-refractivity contribution in [2.75, 3.05) is 6.61 Å². The Morgan fingerprint density at radius 3 is 2.58 bits per heavy atom. The van der Waals surface area contributed by atoms with Crippen molar-refractivity contribution in [2.24, 2.45) is 0 Å². The van der Waals surface area contributed by atoms with Crippen LogP contribution in [0.15, 0.2) is 15.4 Å². The van der Waals surface area contributed by atoms with E-state index >= 15 is 0 Å². The summed E-state index contributed by atoms with van der Waals surface area (Å²) in [4.78, 5) is 11.4. The molecule has 0 saturated heterocycles. The van der Waals surface area contributed by atoms with Crippen LogP contribution in [0.4, 0.5) is 0 Å². The van der Waals surface area contributed by atoms with E-state index in [1.807, 2.05) is 0 Å². The minimum Gasteiger partial charge on any atom is -0.460 e. The number of furan rings is 1. The molecule has 0 aromatic carbocycles. The molecule has 7 heteroatoms. The van der Waals surface area contributed by atoms with Gasteiger partial charge in [-0.3, -0.25) is 0 Å². The molecule has 0 N–H and O–H groups in total. The molecule has 0 saturated carbocycles. The minimum atomic E-state index is -3.91. The number of rotatable bonds is 7. The molecular formula is C12H17ClO5S. The number of carbonyl (C=O) groups is 1. The van der Waals surface area contributed by atoms with Crippen molar-refractivity contribution in [3.63, 3.8) is 0 Å². The molecule has 108 valence electrons. The van der Waals surface area contributed by atoms with Gasteiger partial charge in [0, 0.05) is 16.7 Å². The SMILES string of the molecule is CCCCCCOC(=O)c1cc(S(=O)(=O)Cl)c(C)o1. The number of aryl methyl sites for hydroxylation is 1. The lowest BCUT2D eigenvalue weighted by atomic mass is 10.2. The summed E-state index contributed by atoms with van der Waals surface area (Å²) >= 11 is 0. The van der Waals surface area contributed by atoms with E-state index in [0.717, 1.165) is 31.7 Å². The fourth-order valence-electron chi connectivity index (χ4n) is 1.57. The van der Waals surface area contributed by atoms with Crippen LogP contribution in [-0.4, -0.2) is 21.0 Å². The number of carbonyl (C=O) groups excluding carboxylic acids is 1. The lowest BCUT2D eigenvalue weighted by molar-refractivity contribution is 0.0460. The Morgan fingerprint density at radius 1 is 1.37 bits per heavy atom. The van der Waals surface area contributed by atoms with Crippen LogP contribution in [0, 0.1) is 6.92 Å². The summed E-state index contributed by atoms with van der Waals surface area (Å²) in [6.07, 6.45) is 3.95. The maximum absolute atomic E-state index is 11.6. The van der Waals surface area contributed by atoms with Crippen molar-refractivity contribution < 1.29 is 22.4 Å². The van der Waals surface area contributed by atoms with E-state index in [-0.39, 0.29) is 16.4 Å². The molecule has 0 bridgehead atoms. The average molecular weight is 309 g/mol. The fraction of sp³-hybridized carbons (Fsp3) is 0.583. The molecule has 0 fully saturated rings. The highest BCUT2D eigenvalue weighted by molar-refractivity contribution is 8.13. The van der Waals surface area contributed by atoms with E-state index in [0.29, 0.717) is 6.61 Å². The minimum absolute atomic E-state index is 0.0768. The predicted octanol–water partition coefficient (Wildman–Crippen LogP) is 3.25. The molecule has 1 aromatic heterocycles. The summed E-state index contributed by atoms with van der Waals surface area (Å²) in [7, 11) is 1.30. The van der Waals surface area contributed by atoms with Gasteiger partial charge in [0.1, 0.15) is 10.7 Å². The molecule has 0 unspecified atom stereocenters. The van der Waals surface area contributed by atoms with Gasteiger partial charge in [0.25, 0.3) is 9.05 Å². The van der Waals surface area contributed by atoms with Gasteiger partial charge in [-0.05, 0) is 13.3 Å². The topological polar surface area (TPSA) is 73.6 Å². The van der Waals surface area contributed by atoms with E-state index in [2.05, 4.69) is 6.92 Å². The Morgan fingerprint density at radius 2 is 2.05 bits per heavy atom. The van der Waals surface area contributed by atoms with Crippen LogP contribution in [0.25, 0.3) is 0 Å². The fourth-order valence-corrected chi connectivity index (χ4v) is 2.67. The van der Waals surface area contributed by atoms with Gasteiger partial charge < -0.3 is 9.15 Å².